The van der Waals surface area contributed by atoms with E-state index in [2.05, 4.69) is 11.7 Å². The molecule has 76 valence electrons. The van der Waals surface area contributed by atoms with Gasteiger partial charge in [-0.25, -0.2) is 0 Å². The molecule has 0 aliphatic rings. The lowest BCUT2D eigenvalue weighted by atomic mass is 10.2. The molecule has 0 saturated heterocycles. The Labute approximate surface area is 75.4 Å². The normalized spacial score (nSPS) is 9.00. The number of aliphatic hydroxyl groups is 2. The van der Waals surface area contributed by atoms with Gasteiger partial charge in [0.2, 0.25) is 0 Å². The van der Waals surface area contributed by atoms with Crippen molar-refractivity contribution < 1.29 is 14.9 Å². The molecule has 0 aromatic rings. The third-order valence-electron chi connectivity index (χ3n) is 1.31. The van der Waals surface area contributed by atoms with E-state index in [0.717, 1.165) is 6.42 Å². The van der Waals surface area contributed by atoms with Crippen molar-refractivity contribution in [2.45, 2.75) is 32.6 Å². The highest BCUT2D eigenvalue weighted by Gasteiger charge is 1.80. The van der Waals surface area contributed by atoms with Crippen molar-refractivity contribution in [3.8, 4) is 0 Å². The first-order valence-corrected chi connectivity index (χ1v) is 4.54. The van der Waals surface area contributed by atoms with Gasteiger partial charge >= 0.3 is 0 Å². The van der Waals surface area contributed by atoms with Gasteiger partial charge in [-0.05, 0) is 6.42 Å². The number of aliphatic hydroxyl groups excluding tert-OH is 2. The van der Waals surface area contributed by atoms with E-state index < -0.39 is 0 Å². The second-order valence-corrected chi connectivity index (χ2v) is 2.50. The molecule has 0 atom stereocenters. The smallest absolute Gasteiger partial charge is 0.0693 e. The number of hydrogen-bond acceptors (Lipinski definition) is 3. The van der Waals surface area contributed by atoms with E-state index in [4.69, 9.17) is 10.2 Å². The average Bonchev–Trinajstić information content (AvgIpc) is 2.08. The minimum Gasteiger partial charge on any atom is -0.396 e. The van der Waals surface area contributed by atoms with Crippen LogP contribution in [0.2, 0.25) is 0 Å². The molecular weight excluding hydrogens is 156 g/mol. The summed E-state index contributed by atoms with van der Waals surface area (Å²) in [5.41, 5.74) is 0. The summed E-state index contributed by atoms with van der Waals surface area (Å²) in [7, 11) is 1.55. The van der Waals surface area contributed by atoms with Gasteiger partial charge < -0.3 is 14.9 Å². The summed E-state index contributed by atoms with van der Waals surface area (Å²) in [6, 6.07) is 0. The largest absolute Gasteiger partial charge is 0.396 e. The molecule has 0 amide bonds. The van der Waals surface area contributed by atoms with Crippen molar-refractivity contribution in [1.29, 1.82) is 0 Å². The van der Waals surface area contributed by atoms with Crippen LogP contribution in [0.25, 0.3) is 0 Å². The Morgan fingerprint density at radius 3 is 1.92 bits per heavy atom. The van der Waals surface area contributed by atoms with E-state index >= 15 is 0 Å². The molecule has 0 aliphatic carbocycles. The van der Waals surface area contributed by atoms with Gasteiger partial charge in [-0.3, -0.25) is 0 Å². The first-order valence-electron chi connectivity index (χ1n) is 4.54. The topological polar surface area (TPSA) is 49.7 Å². The molecule has 0 unspecified atom stereocenters. The lowest BCUT2D eigenvalue weighted by Gasteiger charge is -1.90. The Bertz CT molecular complexity index is 51.7. The fourth-order valence-corrected chi connectivity index (χ4v) is 0.630. The zero-order valence-corrected chi connectivity index (χ0v) is 8.25. The van der Waals surface area contributed by atoms with Gasteiger partial charge in [0.05, 0.1) is 13.2 Å². The highest BCUT2D eigenvalue weighted by molar-refractivity contribution is 4.35. The van der Waals surface area contributed by atoms with Gasteiger partial charge in [-0.1, -0.05) is 26.2 Å². The highest BCUT2D eigenvalue weighted by Crippen LogP contribution is 1.95. The lowest BCUT2D eigenvalue weighted by Crippen LogP contribution is -1.91. The molecule has 0 spiro atoms. The fourth-order valence-electron chi connectivity index (χ4n) is 0.630. The summed E-state index contributed by atoms with van der Waals surface area (Å²) >= 11 is 0. The molecule has 0 heterocycles. The van der Waals surface area contributed by atoms with Crippen LogP contribution in [-0.2, 0) is 4.74 Å². The first-order chi connectivity index (χ1) is 5.83. The summed E-state index contributed by atoms with van der Waals surface area (Å²) in [4.78, 5) is 0. The number of unbranched alkanes of at least 4 members (excludes halogenated alkanes) is 3. The maximum Gasteiger partial charge on any atom is 0.0693 e. The molecule has 0 rings (SSSR count). The van der Waals surface area contributed by atoms with E-state index in [1.807, 2.05) is 0 Å². The predicted molar refractivity (Wildman–Crippen MR) is 50.2 cm³/mol. The Kier molecular flexibility index (Phi) is 20.5. The zero-order chi connectivity index (χ0) is 9.66. The second-order valence-electron chi connectivity index (χ2n) is 2.50. The molecule has 3 heteroatoms. The second kappa shape index (κ2) is 17.1. The molecule has 12 heavy (non-hydrogen) atoms. The third-order valence-corrected chi connectivity index (χ3v) is 1.31. The van der Waals surface area contributed by atoms with Gasteiger partial charge in [0.15, 0.2) is 0 Å². The van der Waals surface area contributed by atoms with E-state index in [1.54, 1.807) is 7.11 Å². The molecule has 0 aliphatic heterocycles. The van der Waals surface area contributed by atoms with Crippen molar-refractivity contribution in [2.75, 3.05) is 26.9 Å². The van der Waals surface area contributed by atoms with Crippen molar-refractivity contribution in [1.82, 2.24) is 0 Å². The standard InChI is InChI=1S/C6H14O.C3H8O2/c1-2-3-4-5-6-7;1-5-3-2-4/h7H,2-6H2,1H3;4H,2-3H2,1H3. The van der Waals surface area contributed by atoms with Crippen molar-refractivity contribution in [3.05, 3.63) is 0 Å². The number of ether oxygens (including phenoxy) is 1. The molecular formula is C9H22O3. The van der Waals surface area contributed by atoms with E-state index in [1.165, 1.54) is 19.3 Å². The van der Waals surface area contributed by atoms with Crippen molar-refractivity contribution >= 4 is 0 Å². The average molecular weight is 178 g/mol. The summed E-state index contributed by atoms with van der Waals surface area (Å²) < 4.78 is 4.44. The van der Waals surface area contributed by atoms with Crippen LogP contribution >= 0.6 is 0 Å². The molecule has 3 nitrogen and oxygen atoms in total. The quantitative estimate of drug-likeness (QED) is 0.600. The van der Waals surface area contributed by atoms with Crippen LogP contribution in [0.1, 0.15) is 32.6 Å². The SMILES string of the molecule is CCCCCCO.COCCO. The summed E-state index contributed by atoms with van der Waals surface area (Å²) in [6.07, 6.45) is 4.68. The minimum absolute atomic E-state index is 0.122. The summed E-state index contributed by atoms with van der Waals surface area (Å²) in [5, 5.41) is 16.2. The molecule has 2 N–H and O–H groups in total. The summed E-state index contributed by atoms with van der Waals surface area (Å²) in [5.74, 6) is 0. The van der Waals surface area contributed by atoms with E-state index in [-0.39, 0.29) is 6.61 Å². The monoisotopic (exact) mass is 178 g/mol. The minimum atomic E-state index is 0.122. The fraction of sp³-hybridized carbons (Fsp3) is 1.00. The molecule has 0 radical (unpaired) electrons. The number of methoxy groups -OCH3 is 1. The number of hydrogen-bond donors (Lipinski definition) is 2. The van der Waals surface area contributed by atoms with Gasteiger partial charge in [-0.2, -0.15) is 0 Å². The van der Waals surface area contributed by atoms with Gasteiger partial charge in [0.1, 0.15) is 0 Å². The van der Waals surface area contributed by atoms with Gasteiger partial charge in [-0.15, -0.1) is 0 Å². The van der Waals surface area contributed by atoms with Crippen LogP contribution in [0.3, 0.4) is 0 Å². The van der Waals surface area contributed by atoms with Gasteiger partial charge in [0.25, 0.3) is 0 Å². The highest BCUT2D eigenvalue weighted by atomic mass is 16.5. The molecule has 0 fully saturated rings. The molecule has 0 aromatic carbocycles. The van der Waals surface area contributed by atoms with Crippen LogP contribution < -0.4 is 0 Å². The Morgan fingerprint density at radius 1 is 1.00 bits per heavy atom. The maximum atomic E-state index is 8.29. The first kappa shape index (κ1) is 14.4. The van der Waals surface area contributed by atoms with Crippen molar-refractivity contribution in [3.63, 3.8) is 0 Å². The van der Waals surface area contributed by atoms with E-state index in [9.17, 15) is 0 Å². The number of rotatable bonds is 6. The zero-order valence-electron chi connectivity index (χ0n) is 8.25. The van der Waals surface area contributed by atoms with Crippen LogP contribution in [0, 0.1) is 0 Å². The van der Waals surface area contributed by atoms with Gasteiger partial charge in [0, 0.05) is 13.7 Å². The van der Waals surface area contributed by atoms with Crippen LogP contribution in [-0.4, -0.2) is 37.1 Å². The lowest BCUT2D eigenvalue weighted by molar-refractivity contribution is 0.135. The third kappa shape index (κ3) is 22.5. The Morgan fingerprint density at radius 2 is 1.67 bits per heavy atom. The molecule has 0 bridgehead atoms. The maximum absolute atomic E-state index is 8.29. The summed E-state index contributed by atoms with van der Waals surface area (Å²) in [6.45, 7) is 3.09. The van der Waals surface area contributed by atoms with Crippen molar-refractivity contribution in [2.24, 2.45) is 0 Å². The Balaban J connectivity index is 0. The Hall–Kier alpha value is -0.120. The van der Waals surface area contributed by atoms with Crippen LogP contribution in [0.5, 0.6) is 0 Å². The molecule has 0 aromatic heterocycles. The molecule has 0 saturated carbocycles. The van der Waals surface area contributed by atoms with Crippen LogP contribution in [0.15, 0.2) is 0 Å². The van der Waals surface area contributed by atoms with E-state index in [0.29, 0.717) is 13.2 Å². The predicted octanol–water partition coefficient (Wildman–Crippen LogP) is 1.18. The van der Waals surface area contributed by atoms with Crippen LogP contribution in [0.4, 0.5) is 0 Å².